The van der Waals surface area contributed by atoms with Crippen LogP contribution in [0, 0.1) is 11.6 Å². The van der Waals surface area contributed by atoms with Gasteiger partial charge in [0.2, 0.25) is 0 Å². The van der Waals surface area contributed by atoms with E-state index in [9.17, 15) is 13.6 Å². The van der Waals surface area contributed by atoms with Crippen LogP contribution < -0.4 is 10.1 Å². The molecule has 116 valence electrons. The number of amides is 1. The van der Waals surface area contributed by atoms with Crippen molar-refractivity contribution in [3.8, 4) is 5.75 Å². The molecule has 2 rings (SSSR count). The van der Waals surface area contributed by atoms with E-state index in [-0.39, 0.29) is 5.69 Å². The Balaban J connectivity index is 2.00. The first kappa shape index (κ1) is 15.9. The van der Waals surface area contributed by atoms with E-state index in [1.165, 1.54) is 6.07 Å². The van der Waals surface area contributed by atoms with Crippen LogP contribution in [-0.4, -0.2) is 12.5 Å². The zero-order valence-corrected chi connectivity index (χ0v) is 12.2. The van der Waals surface area contributed by atoms with Crippen molar-refractivity contribution in [3.05, 3.63) is 59.7 Å². The molecule has 0 radical (unpaired) electrons. The number of anilines is 1. The topological polar surface area (TPSA) is 38.3 Å². The molecule has 1 amide bonds. The van der Waals surface area contributed by atoms with E-state index < -0.39 is 17.5 Å². The summed E-state index contributed by atoms with van der Waals surface area (Å²) in [5, 5.41) is 2.40. The normalized spacial score (nSPS) is 10.3. The SMILES string of the molecule is CCCCOc1ccc(C(=O)Nc2ccc(F)cc2F)cc1. The molecular formula is C17H17F2NO2. The van der Waals surface area contributed by atoms with Gasteiger partial charge in [0.05, 0.1) is 12.3 Å². The van der Waals surface area contributed by atoms with Crippen LogP contribution in [0.4, 0.5) is 14.5 Å². The summed E-state index contributed by atoms with van der Waals surface area (Å²) < 4.78 is 31.8. The van der Waals surface area contributed by atoms with E-state index in [1.807, 2.05) is 0 Å². The molecule has 0 aromatic heterocycles. The van der Waals surface area contributed by atoms with Gasteiger partial charge < -0.3 is 10.1 Å². The van der Waals surface area contributed by atoms with Crippen LogP contribution in [0.1, 0.15) is 30.1 Å². The number of hydrogen-bond acceptors (Lipinski definition) is 2. The molecule has 5 heteroatoms. The number of ether oxygens (including phenoxy) is 1. The summed E-state index contributed by atoms with van der Waals surface area (Å²) in [4.78, 5) is 12.0. The lowest BCUT2D eigenvalue weighted by molar-refractivity contribution is 0.102. The monoisotopic (exact) mass is 305 g/mol. The second-order valence-corrected chi connectivity index (χ2v) is 4.80. The highest BCUT2D eigenvalue weighted by Gasteiger charge is 2.10. The average Bonchev–Trinajstić information content (AvgIpc) is 2.51. The van der Waals surface area contributed by atoms with E-state index in [0.717, 1.165) is 25.0 Å². The van der Waals surface area contributed by atoms with Gasteiger partial charge in [-0.2, -0.15) is 0 Å². The third kappa shape index (κ3) is 4.28. The largest absolute Gasteiger partial charge is 0.494 e. The first-order valence-electron chi connectivity index (χ1n) is 7.09. The number of carbonyl (C=O) groups excluding carboxylic acids is 1. The summed E-state index contributed by atoms with van der Waals surface area (Å²) in [7, 11) is 0. The summed E-state index contributed by atoms with van der Waals surface area (Å²) in [6.45, 7) is 2.70. The van der Waals surface area contributed by atoms with Gasteiger partial charge in [-0.1, -0.05) is 13.3 Å². The molecule has 0 fully saturated rings. The predicted octanol–water partition coefficient (Wildman–Crippen LogP) is 4.40. The lowest BCUT2D eigenvalue weighted by Crippen LogP contribution is -2.13. The van der Waals surface area contributed by atoms with Crippen molar-refractivity contribution in [2.75, 3.05) is 11.9 Å². The molecular weight excluding hydrogens is 288 g/mol. The molecule has 0 aliphatic heterocycles. The van der Waals surface area contributed by atoms with Gasteiger partial charge >= 0.3 is 0 Å². The summed E-state index contributed by atoms with van der Waals surface area (Å²) in [6.07, 6.45) is 2.01. The number of nitrogens with one attached hydrogen (secondary N) is 1. The molecule has 0 saturated heterocycles. The summed E-state index contributed by atoms with van der Waals surface area (Å²) in [5.74, 6) is -1.29. The molecule has 0 atom stereocenters. The predicted molar refractivity (Wildman–Crippen MR) is 81.2 cm³/mol. The van der Waals surface area contributed by atoms with E-state index in [2.05, 4.69) is 12.2 Å². The third-order valence-electron chi connectivity index (χ3n) is 3.06. The highest BCUT2D eigenvalue weighted by Crippen LogP contribution is 2.17. The lowest BCUT2D eigenvalue weighted by Gasteiger charge is -2.08. The summed E-state index contributed by atoms with van der Waals surface area (Å²) in [5.41, 5.74) is 0.307. The second-order valence-electron chi connectivity index (χ2n) is 4.80. The van der Waals surface area contributed by atoms with Crippen molar-refractivity contribution >= 4 is 11.6 Å². The maximum atomic E-state index is 13.5. The highest BCUT2D eigenvalue weighted by molar-refractivity contribution is 6.04. The minimum atomic E-state index is -0.812. The number of hydrogen-bond donors (Lipinski definition) is 1. The minimum Gasteiger partial charge on any atom is -0.494 e. The molecule has 2 aromatic rings. The smallest absolute Gasteiger partial charge is 0.255 e. The molecule has 0 bridgehead atoms. The molecule has 3 nitrogen and oxygen atoms in total. The lowest BCUT2D eigenvalue weighted by atomic mass is 10.2. The Kier molecular flexibility index (Phi) is 5.47. The Morgan fingerprint density at radius 1 is 1.14 bits per heavy atom. The number of rotatable bonds is 6. The maximum Gasteiger partial charge on any atom is 0.255 e. The van der Waals surface area contributed by atoms with Gasteiger partial charge in [0.15, 0.2) is 0 Å². The number of halogens is 2. The minimum absolute atomic E-state index is 0.0605. The molecule has 0 spiro atoms. The molecule has 0 unspecified atom stereocenters. The Morgan fingerprint density at radius 2 is 1.86 bits per heavy atom. The summed E-state index contributed by atoms with van der Waals surface area (Å²) >= 11 is 0. The summed E-state index contributed by atoms with van der Waals surface area (Å²) in [6, 6.07) is 9.56. The van der Waals surface area contributed by atoms with Gasteiger partial charge in [-0.15, -0.1) is 0 Å². The number of unbranched alkanes of at least 4 members (excludes halogenated alkanes) is 1. The van der Waals surface area contributed by atoms with E-state index in [4.69, 9.17) is 4.74 Å². The molecule has 1 N–H and O–H groups in total. The van der Waals surface area contributed by atoms with Crippen molar-refractivity contribution in [3.63, 3.8) is 0 Å². The number of benzene rings is 2. The van der Waals surface area contributed by atoms with Crippen LogP contribution in [0.3, 0.4) is 0 Å². The Hall–Kier alpha value is -2.43. The Labute approximate surface area is 127 Å². The van der Waals surface area contributed by atoms with E-state index in [1.54, 1.807) is 24.3 Å². The zero-order valence-electron chi connectivity index (χ0n) is 12.2. The van der Waals surface area contributed by atoms with Gasteiger partial charge in [-0.25, -0.2) is 8.78 Å². The van der Waals surface area contributed by atoms with Gasteiger partial charge in [-0.05, 0) is 42.8 Å². The Bertz CT molecular complexity index is 642. The maximum absolute atomic E-state index is 13.5. The molecule has 0 aliphatic rings. The van der Waals surface area contributed by atoms with Crippen molar-refractivity contribution in [1.29, 1.82) is 0 Å². The Morgan fingerprint density at radius 3 is 2.50 bits per heavy atom. The first-order valence-corrected chi connectivity index (χ1v) is 7.09. The molecule has 22 heavy (non-hydrogen) atoms. The quantitative estimate of drug-likeness (QED) is 0.804. The highest BCUT2D eigenvalue weighted by atomic mass is 19.1. The van der Waals surface area contributed by atoms with Crippen molar-refractivity contribution in [2.45, 2.75) is 19.8 Å². The second kappa shape index (κ2) is 7.54. The molecule has 0 heterocycles. The fourth-order valence-corrected chi connectivity index (χ4v) is 1.82. The van der Waals surface area contributed by atoms with Crippen molar-refractivity contribution < 1.29 is 18.3 Å². The van der Waals surface area contributed by atoms with E-state index in [0.29, 0.717) is 17.9 Å². The zero-order chi connectivity index (χ0) is 15.9. The van der Waals surface area contributed by atoms with Crippen molar-refractivity contribution in [2.24, 2.45) is 0 Å². The third-order valence-corrected chi connectivity index (χ3v) is 3.06. The standard InChI is InChI=1S/C17H17F2NO2/c1-2-3-10-22-14-7-4-12(5-8-14)17(21)20-16-9-6-13(18)11-15(16)19/h4-9,11H,2-3,10H2,1H3,(H,20,21). The van der Waals surface area contributed by atoms with Crippen LogP contribution in [-0.2, 0) is 0 Å². The number of carbonyl (C=O) groups is 1. The fraction of sp³-hybridized carbons (Fsp3) is 0.235. The molecule has 0 aliphatic carbocycles. The van der Waals surface area contributed by atoms with Gasteiger partial charge in [0, 0.05) is 11.6 Å². The van der Waals surface area contributed by atoms with Gasteiger partial charge in [-0.3, -0.25) is 4.79 Å². The van der Waals surface area contributed by atoms with Gasteiger partial charge in [0.1, 0.15) is 17.4 Å². The van der Waals surface area contributed by atoms with Crippen LogP contribution >= 0.6 is 0 Å². The van der Waals surface area contributed by atoms with Crippen molar-refractivity contribution in [1.82, 2.24) is 0 Å². The van der Waals surface area contributed by atoms with Crippen LogP contribution in [0.25, 0.3) is 0 Å². The van der Waals surface area contributed by atoms with Crippen LogP contribution in [0.5, 0.6) is 5.75 Å². The molecule has 2 aromatic carbocycles. The average molecular weight is 305 g/mol. The van der Waals surface area contributed by atoms with Gasteiger partial charge in [0.25, 0.3) is 5.91 Å². The van der Waals surface area contributed by atoms with Crippen LogP contribution in [0.2, 0.25) is 0 Å². The fourth-order valence-electron chi connectivity index (χ4n) is 1.82. The first-order chi connectivity index (χ1) is 10.6. The van der Waals surface area contributed by atoms with E-state index >= 15 is 0 Å². The molecule has 0 saturated carbocycles. The van der Waals surface area contributed by atoms with Crippen LogP contribution in [0.15, 0.2) is 42.5 Å².